The molecule has 0 aromatic heterocycles. The zero-order valence-corrected chi connectivity index (χ0v) is 14.3. The number of ether oxygens (including phenoxy) is 1. The third-order valence-corrected chi connectivity index (χ3v) is 4.07. The molecule has 4 nitrogen and oxygen atoms in total. The van der Waals surface area contributed by atoms with Crippen molar-refractivity contribution in [3.63, 3.8) is 0 Å². The van der Waals surface area contributed by atoms with Crippen LogP contribution in [0.1, 0.15) is 26.3 Å². The van der Waals surface area contributed by atoms with Gasteiger partial charge in [-0.25, -0.2) is 8.42 Å². The second-order valence-corrected chi connectivity index (χ2v) is 7.21. The fourth-order valence-corrected chi connectivity index (χ4v) is 2.66. The highest BCUT2D eigenvalue weighted by atomic mass is 32.2. The fraction of sp³-hybridized carbons (Fsp3) is 0.333. The first-order chi connectivity index (χ1) is 9.66. The average molecular weight is 326 g/mol. The minimum atomic E-state index is -3.24. The Labute approximate surface area is 128 Å². The first kappa shape index (κ1) is 17.6. The van der Waals surface area contributed by atoms with Crippen LogP contribution in [-0.4, -0.2) is 32.4 Å². The van der Waals surface area contributed by atoms with Crippen LogP contribution in [0.4, 0.5) is 0 Å². The van der Waals surface area contributed by atoms with E-state index in [0.717, 1.165) is 6.26 Å². The largest absolute Gasteiger partial charge is 0.487 e. The quantitative estimate of drug-likeness (QED) is 0.458. The SMILES string of the molecule is CC(=O)/C(OC(C)C)=C(\C=P)c1ccc(S(C)(=O)=O)cc1. The molecule has 0 saturated heterocycles. The number of Topliss-reactive ketones (excluding diaryl/α,β-unsaturated/α-hetero) is 1. The lowest BCUT2D eigenvalue weighted by molar-refractivity contribution is -0.117. The molecule has 1 aromatic rings. The first-order valence-electron chi connectivity index (χ1n) is 6.39. The summed E-state index contributed by atoms with van der Waals surface area (Å²) in [6.45, 7) is 5.10. The van der Waals surface area contributed by atoms with E-state index in [2.05, 4.69) is 8.86 Å². The number of rotatable bonds is 6. The highest BCUT2D eigenvalue weighted by molar-refractivity contribution is 7.90. The average Bonchev–Trinajstić information content (AvgIpc) is 2.37. The Hall–Kier alpha value is -1.45. The molecule has 0 aliphatic heterocycles. The van der Waals surface area contributed by atoms with Gasteiger partial charge in [0.2, 0.25) is 0 Å². The molecule has 0 aliphatic rings. The zero-order chi connectivity index (χ0) is 16.2. The van der Waals surface area contributed by atoms with Crippen LogP contribution in [-0.2, 0) is 19.4 Å². The van der Waals surface area contributed by atoms with Crippen LogP contribution in [0.3, 0.4) is 0 Å². The van der Waals surface area contributed by atoms with E-state index in [4.69, 9.17) is 4.74 Å². The minimum Gasteiger partial charge on any atom is -0.487 e. The molecule has 0 unspecified atom stereocenters. The van der Waals surface area contributed by atoms with Crippen LogP contribution in [0.5, 0.6) is 0 Å². The highest BCUT2D eigenvalue weighted by Gasteiger charge is 2.15. The number of ketones is 1. The molecule has 0 aliphatic carbocycles. The molecule has 1 aromatic carbocycles. The molecule has 0 amide bonds. The lowest BCUT2D eigenvalue weighted by Gasteiger charge is -2.15. The summed E-state index contributed by atoms with van der Waals surface area (Å²) in [5, 5.41) is 0. The number of allylic oxidation sites excluding steroid dienone is 2. The van der Waals surface area contributed by atoms with Crippen LogP contribution >= 0.6 is 8.86 Å². The number of sulfone groups is 1. The van der Waals surface area contributed by atoms with Crippen molar-refractivity contribution in [3.8, 4) is 0 Å². The summed E-state index contributed by atoms with van der Waals surface area (Å²) >= 11 is 0. The third-order valence-electron chi connectivity index (χ3n) is 2.66. The summed E-state index contributed by atoms with van der Waals surface area (Å²) in [6, 6.07) is 6.31. The van der Waals surface area contributed by atoms with Crippen molar-refractivity contribution in [1.82, 2.24) is 0 Å². The van der Waals surface area contributed by atoms with Gasteiger partial charge in [0, 0.05) is 18.8 Å². The van der Waals surface area contributed by atoms with E-state index in [-0.39, 0.29) is 22.5 Å². The summed E-state index contributed by atoms with van der Waals surface area (Å²) < 4.78 is 28.5. The maximum atomic E-state index is 11.8. The van der Waals surface area contributed by atoms with Gasteiger partial charge in [0.15, 0.2) is 21.4 Å². The molecule has 1 rings (SSSR count). The van der Waals surface area contributed by atoms with Crippen molar-refractivity contribution in [1.29, 1.82) is 0 Å². The van der Waals surface area contributed by atoms with Gasteiger partial charge >= 0.3 is 0 Å². The normalized spacial score (nSPS) is 12.8. The van der Waals surface area contributed by atoms with Crippen molar-refractivity contribution in [2.45, 2.75) is 31.8 Å². The lowest BCUT2D eigenvalue weighted by atomic mass is 10.0. The molecule has 21 heavy (non-hydrogen) atoms. The van der Waals surface area contributed by atoms with Crippen LogP contribution in [0.2, 0.25) is 0 Å². The highest BCUT2D eigenvalue weighted by Crippen LogP contribution is 2.22. The van der Waals surface area contributed by atoms with Crippen LogP contribution in [0.25, 0.3) is 5.57 Å². The smallest absolute Gasteiger partial charge is 0.194 e. The van der Waals surface area contributed by atoms with E-state index >= 15 is 0 Å². The molecule has 6 heteroatoms. The molecular formula is C15H19O4PS. The lowest BCUT2D eigenvalue weighted by Crippen LogP contribution is -2.11. The minimum absolute atomic E-state index is 0.138. The fourth-order valence-electron chi connectivity index (χ4n) is 1.73. The molecule has 0 saturated carbocycles. The molecule has 114 valence electrons. The Bertz CT molecular complexity index is 670. The maximum Gasteiger partial charge on any atom is 0.194 e. The standard InChI is InChI=1S/C15H19O4PS/c1-10(2)19-15(11(3)16)14(9-20)12-5-7-13(8-6-12)21(4,17)18/h5-10,20H,1-4H3/b15-14-. The van der Waals surface area contributed by atoms with Crippen molar-refractivity contribution >= 4 is 35.9 Å². The second kappa shape index (κ2) is 7.01. The predicted octanol–water partition coefficient (Wildman–Crippen LogP) is 2.76. The number of benzene rings is 1. The predicted molar refractivity (Wildman–Crippen MR) is 87.8 cm³/mol. The Balaban J connectivity index is 3.37. The van der Waals surface area contributed by atoms with Crippen molar-refractivity contribution < 1.29 is 17.9 Å². The molecule has 0 radical (unpaired) electrons. The summed E-state index contributed by atoms with van der Waals surface area (Å²) in [7, 11) is 0.0447. The van der Waals surface area contributed by atoms with Gasteiger partial charge in [0.25, 0.3) is 0 Å². The molecule has 0 fully saturated rings. The number of hydrogen-bond donors (Lipinski definition) is 0. The summed E-state index contributed by atoms with van der Waals surface area (Å²) in [4.78, 5) is 12.0. The Morgan fingerprint density at radius 2 is 1.76 bits per heavy atom. The molecule has 0 atom stereocenters. The second-order valence-electron chi connectivity index (χ2n) is 4.91. The van der Waals surface area contributed by atoms with Gasteiger partial charge in [-0.1, -0.05) is 12.1 Å². The Morgan fingerprint density at radius 3 is 2.10 bits per heavy atom. The van der Waals surface area contributed by atoms with Crippen molar-refractivity contribution in [2.24, 2.45) is 0 Å². The topological polar surface area (TPSA) is 60.4 Å². The Morgan fingerprint density at radius 1 is 1.24 bits per heavy atom. The Kier molecular flexibility index (Phi) is 5.87. The van der Waals surface area contributed by atoms with Gasteiger partial charge in [-0.05, 0) is 37.3 Å². The number of carbonyl (C=O) groups excluding carboxylic acids is 1. The van der Waals surface area contributed by atoms with E-state index in [1.54, 1.807) is 17.9 Å². The van der Waals surface area contributed by atoms with Crippen LogP contribution in [0, 0.1) is 0 Å². The van der Waals surface area contributed by atoms with E-state index in [1.807, 2.05) is 13.8 Å². The van der Waals surface area contributed by atoms with E-state index in [0.29, 0.717) is 11.1 Å². The molecule has 0 N–H and O–H groups in total. The van der Waals surface area contributed by atoms with Gasteiger partial charge in [0.05, 0.1) is 11.0 Å². The molecule has 0 spiro atoms. The number of carbonyl (C=O) groups is 1. The van der Waals surface area contributed by atoms with E-state index in [9.17, 15) is 13.2 Å². The van der Waals surface area contributed by atoms with Gasteiger partial charge < -0.3 is 4.74 Å². The van der Waals surface area contributed by atoms with Gasteiger partial charge in [-0.15, -0.1) is 8.86 Å². The summed E-state index contributed by atoms with van der Waals surface area (Å²) in [6.07, 6.45) is 1.01. The maximum absolute atomic E-state index is 11.8. The van der Waals surface area contributed by atoms with Gasteiger partial charge in [-0.3, -0.25) is 4.79 Å². The third kappa shape index (κ3) is 4.80. The summed E-state index contributed by atoms with van der Waals surface area (Å²) in [5.74, 6) is 1.64. The van der Waals surface area contributed by atoms with Gasteiger partial charge in [-0.2, -0.15) is 0 Å². The first-order valence-corrected chi connectivity index (χ1v) is 8.86. The number of hydrogen-bond acceptors (Lipinski definition) is 4. The van der Waals surface area contributed by atoms with Crippen LogP contribution in [0.15, 0.2) is 34.9 Å². The van der Waals surface area contributed by atoms with Crippen molar-refractivity contribution in [2.75, 3.05) is 6.26 Å². The zero-order valence-electron chi connectivity index (χ0n) is 12.5. The van der Waals surface area contributed by atoms with E-state index in [1.165, 1.54) is 19.1 Å². The molecular weight excluding hydrogens is 307 g/mol. The van der Waals surface area contributed by atoms with Gasteiger partial charge in [0.1, 0.15) is 0 Å². The van der Waals surface area contributed by atoms with Crippen molar-refractivity contribution in [3.05, 3.63) is 35.6 Å². The molecule has 0 heterocycles. The summed E-state index contributed by atoms with van der Waals surface area (Å²) in [5.41, 5.74) is 1.27. The molecule has 0 bridgehead atoms. The van der Waals surface area contributed by atoms with E-state index < -0.39 is 9.84 Å². The van der Waals surface area contributed by atoms with Crippen LogP contribution < -0.4 is 0 Å². The monoisotopic (exact) mass is 326 g/mol.